The Labute approximate surface area is 217 Å². The second-order valence-electron chi connectivity index (χ2n) is 11.5. The molecule has 2 heterocycles. The Kier molecular flexibility index (Phi) is 8.64. The van der Waals surface area contributed by atoms with E-state index >= 15 is 0 Å². The molecule has 1 aromatic carbocycles. The van der Waals surface area contributed by atoms with Crippen molar-refractivity contribution in [1.29, 1.82) is 0 Å². The summed E-state index contributed by atoms with van der Waals surface area (Å²) in [5.41, 5.74) is 1.78. The van der Waals surface area contributed by atoms with Gasteiger partial charge in [-0.1, -0.05) is 27.7 Å². The highest BCUT2D eigenvalue weighted by atomic mass is 32.2. The average Bonchev–Trinajstić information content (AvgIpc) is 2.89. The highest BCUT2D eigenvalue weighted by molar-refractivity contribution is 7.89. The van der Waals surface area contributed by atoms with Crippen molar-refractivity contribution in [1.82, 2.24) is 9.21 Å². The number of amides is 1. The molecule has 202 valence electrons. The van der Waals surface area contributed by atoms with E-state index in [1.54, 1.807) is 12.1 Å². The predicted molar refractivity (Wildman–Crippen MR) is 144 cm³/mol. The molecule has 0 spiro atoms. The van der Waals surface area contributed by atoms with Gasteiger partial charge in [0.05, 0.1) is 29.5 Å². The minimum Gasteiger partial charge on any atom is -0.379 e. The summed E-state index contributed by atoms with van der Waals surface area (Å²) in [6.07, 6.45) is 3.87. The van der Waals surface area contributed by atoms with Crippen molar-refractivity contribution in [2.75, 3.05) is 69.2 Å². The Bertz CT molecular complexity index is 1000. The van der Waals surface area contributed by atoms with Crippen LogP contribution < -0.4 is 10.2 Å². The zero-order valence-corrected chi connectivity index (χ0v) is 23.3. The van der Waals surface area contributed by atoms with Gasteiger partial charge in [0.1, 0.15) is 0 Å². The van der Waals surface area contributed by atoms with E-state index < -0.39 is 10.0 Å². The van der Waals surface area contributed by atoms with E-state index in [2.05, 4.69) is 42.8 Å². The molecule has 0 bridgehead atoms. The van der Waals surface area contributed by atoms with Gasteiger partial charge in [0, 0.05) is 45.2 Å². The maximum atomic E-state index is 13.4. The van der Waals surface area contributed by atoms with Crippen LogP contribution in [0.15, 0.2) is 23.1 Å². The molecular weight excluding hydrogens is 476 g/mol. The van der Waals surface area contributed by atoms with E-state index in [1.807, 2.05) is 6.07 Å². The van der Waals surface area contributed by atoms with Crippen molar-refractivity contribution in [2.24, 2.45) is 17.3 Å². The van der Waals surface area contributed by atoms with Crippen LogP contribution in [0.2, 0.25) is 0 Å². The summed E-state index contributed by atoms with van der Waals surface area (Å²) >= 11 is 0. The lowest BCUT2D eigenvalue weighted by Gasteiger charge is -2.37. The first-order valence-corrected chi connectivity index (χ1v) is 15.0. The van der Waals surface area contributed by atoms with E-state index in [0.717, 1.165) is 64.1 Å². The van der Waals surface area contributed by atoms with Crippen LogP contribution in [-0.4, -0.2) is 82.6 Å². The summed E-state index contributed by atoms with van der Waals surface area (Å²) in [6.45, 7) is 15.1. The predicted octanol–water partition coefficient (Wildman–Crippen LogP) is 3.64. The number of benzene rings is 1. The Morgan fingerprint density at radius 2 is 1.64 bits per heavy atom. The highest BCUT2D eigenvalue weighted by Crippen LogP contribution is 2.40. The quantitative estimate of drug-likeness (QED) is 0.617. The summed E-state index contributed by atoms with van der Waals surface area (Å²) in [6, 6.07) is 5.24. The number of rotatable bonds is 6. The van der Waals surface area contributed by atoms with Crippen molar-refractivity contribution in [2.45, 2.75) is 58.3 Å². The monoisotopic (exact) mass is 520 g/mol. The largest absolute Gasteiger partial charge is 0.379 e. The number of piperazine rings is 1. The number of morpholine rings is 1. The molecule has 1 aromatic rings. The molecule has 36 heavy (non-hydrogen) atoms. The fourth-order valence-corrected chi connectivity index (χ4v) is 7.18. The van der Waals surface area contributed by atoms with Crippen molar-refractivity contribution in [3.63, 3.8) is 0 Å². The SMILES string of the molecule is CCN1CCN(c2ccc(S(=O)(=O)N3CCOCC3)cc2NC(=O)C2CCC(C(C)(C)C)CC2)CC1. The van der Waals surface area contributed by atoms with Gasteiger partial charge in [0.15, 0.2) is 0 Å². The van der Waals surface area contributed by atoms with Crippen LogP contribution in [0.25, 0.3) is 0 Å². The third-order valence-corrected chi connectivity index (χ3v) is 10.2. The molecule has 1 saturated carbocycles. The van der Waals surface area contributed by atoms with Gasteiger partial charge in [0.25, 0.3) is 0 Å². The molecular formula is C27H44N4O4S. The van der Waals surface area contributed by atoms with Crippen LogP contribution in [0.3, 0.4) is 0 Å². The minimum atomic E-state index is -3.65. The van der Waals surface area contributed by atoms with Crippen LogP contribution in [0.5, 0.6) is 0 Å². The lowest BCUT2D eigenvalue weighted by Crippen LogP contribution is -2.46. The molecule has 3 fully saturated rings. The van der Waals surface area contributed by atoms with Gasteiger partial charge >= 0.3 is 0 Å². The summed E-state index contributed by atoms with van der Waals surface area (Å²) in [4.78, 5) is 18.3. The number of hydrogen-bond acceptors (Lipinski definition) is 6. The first-order chi connectivity index (χ1) is 17.1. The zero-order valence-electron chi connectivity index (χ0n) is 22.5. The topological polar surface area (TPSA) is 82.2 Å². The molecule has 0 aromatic heterocycles. The van der Waals surface area contributed by atoms with Crippen LogP contribution in [0.1, 0.15) is 53.4 Å². The normalized spacial score (nSPS) is 25.1. The number of hydrogen-bond donors (Lipinski definition) is 1. The Balaban J connectivity index is 1.56. The lowest BCUT2D eigenvalue weighted by atomic mass is 9.69. The molecule has 4 rings (SSSR count). The number of nitrogens with zero attached hydrogens (tertiary/aromatic N) is 3. The fourth-order valence-electron chi connectivity index (χ4n) is 5.75. The van der Waals surface area contributed by atoms with Gasteiger partial charge in [-0.05, 0) is 61.8 Å². The summed E-state index contributed by atoms with van der Waals surface area (Å²) in [5.74, 6) is 0.610. The van der Waals surface area contributed by atoms with Crippen molar-refractivity contribution < 1.29 is 17.9 Å². The number of carbonyl (C=O) groups excluding carboxylic acids is 1. The van der Waals surface area contributed by atoms with E-state index in [-0.39, 0.29) is 22.1 Å². The van der Waals surface area contributed by atoms with Crippen molar-refractivity contribution >= 4 is 27.3 Å². The Hall–Kier alpha value is -1.68. The highest BCUT2D eigenvalue weighted by Gasteiger charge is 2.33. The van der Waals surface area contributed by atoms with E-state index in [0.29, 0.717) is 37.9 Å². The van der Waals surface area contributed by atoms with Gasteiger partial charge in [-0.15, -0.1) is 0 Å². The third-order valence-electron chi connectivity index (χ3n) is 8.32. The summed E-state index contributed by atoms with van der Waals surface area (Å²) < 4.78 is 33.5. The van der Waals surface area contributed by atoms with Crippen molar-refractivity contribution in [3.05, 3.63) is 18.2 Å². The first kappa shape index (κ1) is 27.4. The number of likely N-dealkylation sites (N-methyl/N-ethyl adjacent to an activating group) is 1. The van der Waals surface area contributed by atoms with Crippen molar-refractivity contribution in [3.8, 4) is 0 Å². The number of ether oxygens (including phenoxy) is 1. The van der Waals surface area contributed by atoms with Gasteiger partial charge in [0.2, 0.25) is 15.9 Å². The fraction of sp³-hybridized carbons (Fsp3) is 0.741. The molecule has 0 unspecified atom stereocenters. The van der Waals surface area contributed by atoms with E-state index in [4.69, 9.17) is 4.74 Å². The summed E-state index contributed by atoms with van der Waals surface area (Å²) in [7, 11) is -3.65. The van der Waals surface area contributed by atoms with Crippen LogP contribution in [0.4, 0.5) is 11.4 Å². The van der Waals surface area contributed by atoms with Crippen LogP contribution >= 0.6 is 0 Å². The van der Waals surface area contributed by atoms with Crippen LogP contribution in [0, 0.1) is 17.3 Å². The van der Waals surface area contributed by atoms with Gasteiger partial charge in [-0.25, -0.2) is 8.42 Å². The molecule has 3 aliphatic rings. The maximum absolute atomic E-state index is 13.4. The lowest BCUT2D eigenvalue weighted by molar-refractivity contribution is -0.121. The molecule has 2 saturated heterocycles. The molecule has 8 nitrogen and oxygen atoms in total. The second-order valence-corrected chi connectivity index (χ2v) is 13.5. The van der Waals surface area contributed by atoms with E-state index in [9.17, 15) is 13.2 Å². The second kappa shape index (κ2) is 11.4. The molecule has 1 amide bonds. The number of nitrogens with one attached hydrogen (secondary N) is 1. The summed E-state index contributed by atoms with van der Waals surface area (Å²) in [5, 5.41) is 3.17. The molecule has 9 heteroatoms. The van der Waals surface area contributed by atoms with Crippen LogP contribution in [-0.2, 0) is 19.6 Å². The molecule has 0 radical (unpaired) electrons. The van der Waals surface area contributed by atoms with E-state index in [1.165, 1.54) is 4.31 Å². The first-order valence-electron chi connectivity index (χ1n) is 13.6. The zero-order chi connectivity index (χ0) is 25.9. The number of anilines is 2. The Morgan fingerprint density at radius 1 is 1.00 bits per heavy atom. The third kappa shape index (κ3) is 6.23. The standard InChI is InChI=1S/C27H44N4O4S/c1-5-29-12-14-30(15-13-29)25-11-10-23(36(33,34)31-16-18-35-19-17-31)20-24(25)28-26(32)21-6-8-22(9-7-21)27(2,3)4/h10-11,20-22H,5-9,12-19H2,1-4H3,(H,28,32). The smallest absolute Gasteiger partial charge is 0.243 e. The van der Waals surface area contributed by atoms with Gasteiger partial charge < -0.3 is 19.9 Å². The number of sulfonamides is 1. The van der Waals surface area contributed by atoms with Gasteiger partial charge in [-0.3, -0.25) is 4.79 Å². The molecule has 1 N–H and O–H groups in total. The average molecular weight is 521 g/mol. The van der Waals surface area contributed by atoms with Gasteiger partial charge in [-0.2, -0.15) is 4.31 Å². The number of carbonyl (C=O) groups is 1. The molecule has 0 atom stereocenters. The Morgan fingerprint density at radius 3 is 2.22 bits per heavy atom. The maximum Gasteiger partial charge on any atom is 0.243 e. The minimum absolute atomic E-state index is 0.0109. The molecule has 1 aliphatic carbocycles. The molecule has 2 aliphatic heterocycles.